The van der Waals surface area contributed by atoms with Crippen molar-refractivity contribution in [2.75, 3.05) is 6.54 Å². The third-order valence-corrected chi connectivity index (χ3v) is 2.22. The molecule has 0 rings (SSSR count). The van der Waals surface area contributed by atoms with Crippen molar-refractivity contribution in [3.63, 3.8) is 0 Å². The van der Waals surface area contributed by atoms with Gasteiger partial charge in [0.05, 0.1) is 0 Å². The summed E-state index contributed by atoms with van der Waals surface area (Å²) in [7, 11) is 0. The van der Waals surface area contributed by atoms with Crippen molar-refractivity contribution >= 4 is 11.9 Å². The zero-order valence-electron chi connectivity index (χ0n) is 11.2. The van der Waals surface area contributed by atoms with Gasteiger partial charge in [-0.2, -0.15) is 0 Å². The highest BCUT2D eigenvalue weighted by Crippen LogP contribution is 1.99. The normalized spacial score (nSPS) is 13.2. The molecular formula is C12H24N2O3. The van der Waals surface area contributed by atoms with Gasteiger partial charge in [0.15, 0.2) is 0 Å². The summed E-state index contributed by atoms with van der Waals surface area (Å²) in [6.07, 6.45) is 1.50. The summed E-state index contributed by atoms with van der Waals surface area (Å²) in [5.41, 5.74) is -0.0318. The van der Waals surface area contributed by atoms with Gasteiger partial charge < -0.3 is 15.7 Å². The van der Waals surface area contributed by atoms with Crippen molar-refractivity contribution in [1.82, 2.24) is 10.6 Å². The SMILES string of the molecule is CCC[C@H](NC(=O)CCNC(C)(C)C)C(=O)O. The largest absolute Gasteiger partial charge is 0.480 e. The zero-order valence-corrected chi connectivity index (χ0v) is 11.2. The fourth-order valence-corrected chi connectivity index (χ4v) is 1.36. The summed E-state index contributed by atoms with van der Waals surface area (Å²) in [6, 6.07) is -0.762. The van der Waals surface area contributed by atoms with E-state index in [1.54, 1.807) is 0 Å². The monoisotopic (exact) mass is 244 g/mol. The van der Waals surface area contributed by atoms with E-state index < -0.39 is 12.0 Å². The summed E-state index contributed by atoms with van der Waals surface area (Å²) in [5.74, 6) is -1.19. The van der Waals surface area contributed by atoms with Crippen LogP contribution in [0.3, 0.4) is 0 Å². The van der Waals surface area contributed by atoms with Crippen molar-refractivity contribution in [1.29, 1.82) is 0 Å². The molecule has 5 nitrogen and oxygen atoms in total. The first-order valence-corrected chi connectivity index (χ1v) is 6.03. The van der Waals surface area contributed by atoms with Gasteiger partial charge in [0.1, 0.15) is 6.04 Å². The fourth-order valence-electron chi connectivity index (χ4n) is 1.36. The molecule has 0 aromatic carbocycles. The van der Waals surface area contributed by atoms with E-state index in [1.807, 2.05) is 27.7 Å². The van der Waals surface area contributed by atoms with Crippen LogP contribution in [0.2, 0.25) is 0 Å². The van der Waals surface area contributed by atoms with Gasteiger partial charge in [0, 0.05) is 18.5 Å². The Morgan fingerprint density at radius 1 is 1.29 bits per heavy atom. The van der Waals surface area contributed by atoms with Gasteiger partial charge in [-0.05, 0) is 27.2 Å². The highest BCUT2D eigenvalue weighted by atomic mass is 16.4. The van der Waals surface area contributed by atoms with Crippen molar-refractivity contribution in [3.05, 3.63) is 0 Å². The Morgan fingerprint density at radius 3 is 2.29 bits per heavy atom. The quantitative estimate of drug-likeness (QED) is 0.627. The molecule has 0 fully saturated rings. The molecule has 0 aliphatic heterocycles. The van der Waals surface area contributed by atoms with Crippen LogP contribution in [0.5, 0.6) is 0 Å². The van der Waals surface area contributed by atoms with Crippen LogP contribution in [0.15, 0.2) is 0 Å². The summed E-state index contributed by atoms with van der Waals surface area (Å²) in [6.45, 7) is 8.49. The second kappa shape index (κ2) is 7.27. The molecule has 17 heavy (non-hydrogen) atoms. The van der Waals surface area contributed by atoms with E-state index in [9.17, 15) is 9.59 Å². The van der Waals surface area contributed by atoms with Crippen LogP contribution in [-0.4, -0.2) is 35.1 Å². The van der Waals surface area contributed by atoms with Gasteiger partial charge in [-0.3, -0.25) is 4.79 Å². The Bertz CT molecular complexity index is 259. The van der Waals surface area contributed by atoms with Crippen LogP contribution in [0.1, 0.15) is 47.0 Å². The van der Waals surface area contributed by atoms with Crippen LogP contribution in [0.4, 0.5) is 0 Å². The van der Waals surface area contributed by atoms with E-state index in [2.05, 4.69) is 10.6 Å². The standard InChI is InChI=1S/C12H24N2O3/c1-5-6-9(11(16)17)14-10(15)7-8-13-12(2,3)4/h9,13H,5-8H2,1-4H3,(H,14,15)(H,16,17)/t9-/m0/s1. The Kier molecular flexibility index (Phi) is 6.80. The molecule has 1 atom stereocenters. The number of carboxylic acids is 1. The molecule has 0 aliphatic rings. The number of hydrogen-bond acceptors (Lipinski definition) is 3. The third-order valence-electron chi connectivity index (χ3n) is 2.22. The lowest BCUT2D eigenvalue weighted by Crippen LogP contribution is -2.43. The maximum Gasteiger partial charge on any atom is 0.326 e. The number of hydrogen-bond donors (Lipinski definition) is 3. The number of rotatable bonds is 7. The highest BCUT2D eigenvalue weighted by Gasteiger charge is 2.18. The number of carbonyl (C=O) groups is 2. The van der Waals surface area contributed by atoms with Gasteiger partial charge >= 0.3 is 5.97 Å². The molecule has 5 heteroatoms. The topological polar surface area (TPSA) is 78.4 Å². The van der Waals surface area contributed by atoms with Gasteiger partial charge in [-0.1, -0.05) is 13.3 Å². The zero-order chi connectivity index (χ0) is 13.5. The Balaban J connectivity index is 3.95. The average molecular weight is 244 g/mol. The van der Waals surface area contributed by atoms with Gasteiger partial charge in [0.25, 0.3) is 0 Å². The van der Waals surface area contributed by atoms with Gasteiger partial charge in [-0.25, -0.2) is 4.79 Å². The molecule has 3 N–H and O–H groups in total. The predicted molar refractivity (Wildman–Crippen MR) is 66.8 cm³/mol. The molecule has 0 radical (unpaired) electrons. The molecule has 100 valence electrons. The van der Waals surface area contributed by atoms with Gasteiger partial charge in [0.2, 0.25) is 5.91 Å². The van der Waals surface area contributed by atoms with E-state index in [0.717, 1.165) is 6.42 Å². The van der Waals surface area contributed by atoms with Crippen LogP contribution >= 0.6 is 0 Å². The van der Waals surface area contributed by atoms with Crippen LogP contribution < -0.4 is 10.6 Å². The Labute approximate surface area is 103 Å². The molecule has 0 saturated carbocycles. The molecule has 0 saturated heterocycles. The summed E-state index contributed by atoms with van der Waals surface area (Å²) >= 11 is 0. The highest BCUT2D eigenvalue weighted by molar-refractivity contribution is 5.83. The first-order chi connectivity index (χ1) is 7.76. The fraction of sp³-hybridized carbons (Fsp3) is 0.833. The molecule has 0 aliphatic carbocycles. The van der Waals surface area contributed by atoms with Crippen LogP contribution in [0.25, 0.3) is 0 Å². The smallest absolute Gasteiger partial charge is 0.326 e. The molecule has 0 aromatic rings. The lowest BCUT2D eigenvalue weighted by Gasteiger charge is -2.20. The second-order valence-electron chi connectivity index (χ2n) is 5.17. The maximum absolute atomic E-state index is 11.5. The number of aliphatic carboxylic acids is 1. The minimum Gasteiger partial charge on any atom is -0.480 e. The first-order valence-electron chi connectivity index (χ1n) is 6.03. The van der Waals surface area contributed by atoms with E-state index in [1.165, 1.54) is 0 Å². The molecule has 0 aromatic heterocycles. The molecule has 0 unspecified atom stereocenters. The lowest BCUT2D eigenvalue weighted by molar-refractivity contribution is -0.142. The van der Waals surface area contributed by atoms with Gasteiger partial charge in [-0.15, -0.1) is 0 Å². The molecule has 0 spiro atoms. The van der Waals surface area contributed by atoms with Crippen LogP contribution in [0, 0.1) is 0 Å². The summed E-state index contributed by atoms with van der Waals surface area (Å²) in [5, 5.41) is 14.6. The number of carboxylic acid groups (broad SMARTS) is 1. The minimum atomic E-state index is -0.969. The van der Waals surface area contributed by atoms with Crippen molar-refractivity contribution in [2.45, 2.75) is 58.5 Å². The number of carbonyl (C=O) groups excluding carboxylic acids is 1. The average Bonchev–Trinajstić information content (AvgIpc) is 2.14. The Hall–Kier alpha value is -1.10. The summed E-state index contributed by atoms with van der Waals surface area (Å²) < 4.78 is 0. The first kappa shape index (κ1) is 15.9. The van der Waals surface area contributed by atoms with Crippen molar-refractivity contribution in [2.24, 2.45) is 0 Å². The van der Waals surface area contributed by atoms with Crippen LogP contribution in [-0.2, 0) is 9.59 Å². The molecule has 0 heterocycles. The van der Waals surface area contributed by atoms with E-state index in [4.69, 9.17) is 5.11 Å². The molecule has 1 amide bonds. The Morgan fingerprint density at radius 2 is 1.88 bits per heavy atom. The second-order valence-corrected chi connectivity index (χ2v) is 5.17. The predicted octanol–water partition coefficient (Wildman–Crippen LogP) is 1.13. The number of amides is 1. The molecular weight excluding hydrogens is 220 g/mol. The van der Waals surface area contributed by atoms with Crippen molar-refractivity contribution in [3.8, 4) is 0 Å². The maximum atomic E-state index is 11.5. The van der Waals surface area contributed by atoms with E-state index in [0.29, 0.717) is 19.4 Å². The number of nitrogens with one attached hydrogen (secondary N) is 2. The summed E-state index contributed by atoms with van der Waals surface area (Å²) in [4.78, 5) is 22.3. The van der Waals surface area contributed by atoms with E-state index in [-0.39, 0.29) is 11.4 Å². The third kappa shape index (κ3) is 8.68. The molecule has 0 bridgehead atoms. The van der Waals surface area contributed by atoms with Crippen molar-refractivity contribution < 1.29 is 14.7 Å². The minimum absolute atomic E-state index is 0.0318. The lowest BCUT2D eigenvalue weighted by atomic mass is 10.1. The van der Waals surface area contributed by atoms with E-state index >= 15 is 0 Å².